The zero-order chi connectivity index (χ0) is 16.4. The van der Waals surface area contributed by atoms with E-state index in [-0.39, 0.29) is 11.6 Å². The molecule has 0 saturated carbocycles. The summed E-state index contributed by atoms with van der Waals surface area (Å²) in [6, 6.07) is 8.42. The third-order valence-corrected chi connectivity index (χ3v) is 4.06. The average Bonchev–Trinajstić information content (AvgIpc) is 3.14. The molecule has 0 unspecified atom stereocenters. The normalized spacial score (nSPS) is 10.7. The largest absolute Gasteiger partial charge is 0.459 e. The second-order valence-electron chi connectivity index (χ2n) is 4.65. The number of anilines is 1. The van der Waals surface area contributed by atoms with Crippen molar-refractivity contribution < 1.29 is 9.21 Å². The monoisotopic (exact) mass is 369 g/mol. The summed E-state index contributed by atoms with van der Waals surface area (Å²) >= 11 is 18.4. The van der Waals surface area contributed by atoms with Crippen LogP contribution in [0.4, 0.5) is 5.82 Å². The lowest BCUT2D eigenvalue weighted by molar-refractivity contribution is 0.0996. The number of nitrogens with zero attached hydrogens (tertiary/aromatic N) is 2. The average molecular weight is 371 g/mol. The second kappa shape index (κ2) is 6.66. The minimum Gasteiger partial charge on any atom is -0.459 e. The molecule has 0 spiro atoms. The molecule has 1 amide bonds. The van der Waals surface area contributed by atoms with Crippen LogP contribution in [0.2, 0.25) is 15.1 Å². The predicted molar refractivity (Wildman–Crippen MR) is 89.5 cm³/mol. The van der Waals surface area contributed by atoms with Crippen LogP contribution < -0.4 is 5.32 Å². The van der Waals surface area contributed by atoms with Gasteiger partial charge in [0.05, 0.1) is 12.8 Å². The maximum Gasteiger partial charge on any atom is 0.292 e. The Morgan fingerprint density at radius 2 is 1.87 bits per heavy atom. The molecule has 0 atom stereocenters. The molecule has 3 aromatic rings. The van der Waals surface area contributed by atoms with Gasteiger partial charge in [-0.15, -0.1) is 0 Å². The van der Waals surface area contributed by atoms with Gasteiger partial charge in [0, 0.05) is 21.8 Å². The maximum atomic E-state index is 11.9. The SMILES string of the molecule is O=C(Nc1nn(Cc2c(Cl)cccc2Cl)cc1Cl)c1ccco1. The van der Waals surface area contributed by atoms with Crippen LogP contribution >= 0.6 is 34.8 Å². The van der Waals surface area contributed by atoms with E-state index in [1.807, 2.05) is 0 Å². The van der Waals surface area contributed by atoms with Gasteiger partial charge in [-0.1, -0.05) is 40.9 Å². The lowest BCUT2D eigenvalue weighted by atomic mass is 10.2. The van der Waals surface area contributed by atoms with Gasteiger partial charge >= 0.3 is 0 Å². The van der Waals surface area contributed by atoms with E-state index >= 15 is 0 Å². The highest BCUT2D eigenvalue weighted by Crippen LogP contribution is 2.27. The van der Waals surface area contributed by atoms with E-state index in [0.717, 1.165) is 5.56 Å². The number of carbonyl (C=O) groups excluding carboxylic acids is 1. The van der Waals surface area contributed by atoms with Gasteiger partial charge in [0.2, 0.25) is 0 Å². The van der Waals surface area contributed by atoms with Crippen molar-refractivity contribution in [2.75, 3.05) is 5.32 Å². The van der Waals surface area contributed by atoms with E-state index in [1.54, 1.807) is 41.2 Å². The molecule has 0 saturated heterocycles. The van der Waals surface area contributed by atoms with Crippen molar-refractivity contribution in [1.29, 1.82) is 0 Å². The third-order valence-electron chi connectivity index (χ3n) is 3.08. The van der Waals surface area contributed by atoms with Crippen molar-refractivity contribution in [3.05, 3.63) is 69.2 Å². The van der Waals surface area contributed by atoms with E-state index in [9.17, 15) is 4.79 Å². The van der Waals surface area contributed by atoms with E-state index in [2.05, 4.69) is 10.4 Å². The van der Waals surface area contributed by atoms with Crippen LogP contribution in [0.3, 0.4) is 0 Å². The topological polar surface area (TPSA) is 60.1 Å². The zero-order valence-corrected chi connectivity index (χ0v) is 13.9. The lowest BCUT2D eigenvalue weighted by Gasteiger charge is -2.06. The summed E-state index contributed by atoms with van der Waals surface area (Å²) in [5.41, 5.74) is 0.721. The Hall–Kier alpha value is -1.95. The van der Waals surface area contributed by atoms with Crippen LogP contribution in [0.5, 0.6) is 0 Å². The highest BCUT2D eigenvalue weighted by Gasteiger charge is 2.15. The third kappa shape index (κ3) is 3.52. The van der Waals surface area contributed by atoms with Gasteiger partial charge in [-0.05, 0) is 24.3 Å². The van der Waals surface area contributed by atoms with Crippen molar-refractivity contribution in [1.82, 2.24) is 9.78 Å². The van der Waals surface area contributed by atoms with Crippen LogP contribution in [0, 0.1) is 0 Å². The molecular formula is C15H10Cl3N3O2. The zero-order valence-electron chi connectivity index (χ0n) is 11.6. The summed E-state index contributed by atoms with van der Waals surface area (Å²) in [4.78, 5) is 11.9. The van der Waals surface area contributed by atoms with E-state index in [0.29, 0.717) is 21.6 Å². The van der Waals surface area contributed by atoms with Crippen LogP contribution in [0.1, 0.15) is 16.1 Å². The Bertz CT molecular complexity index is 824. The van der Waals surface area contributed by atoms with E-state index < -0.39 is 5.91 Å². The number of hydrogen-bond acceptors (Lipinski definition) is 3. The summed E-state index contributed by atoms with van der Waals surface area (Å²) in [5, 5.41) is 8.18. The number of nitrogens with one attached hydrogen (secondary N) is 1. The van der Waals surface area contributed by atoms with Crippen molar-refractivity contribution in [2.45, 2.75) is 6.54 Å². The number of hydrogen-bond donors (Lipinski definition) is 1. The number of rotatable bonds is 4. The first-order valence-electron chi connectivity index (χ1n) is 6.55. The first kappa shape index (κ1) is 15.9. The van der Waals surface area contributed by atoms with Crippen molar-refractivity contribution in [3.63, 3.8) is 0 Å². The van der Waals surface area contributed by atoms with Gasteiger partial charge in [-0.2, -0.15) is 5.10 Å². The standard InChI is InChI=1S/C15H10Cl3N3O2/c16-10-3-1-4-11(17)9(10)7-21-8-12(18)14(20-21)19-15(22)13-5-2-6-23-13/h1-6,8H,7H2,(H,19,20,22). The minimum atomic E-state index is -0.432. The number of benzene rings is 1. The molecule has 0 aliphatic rings. The van der Waals surface area contributed by atoms with Crippen molar-refractivity contribution in [2.24, 2.45) is 0 Å². The molecule has 2 heterocycles. The summed E-state index contributed by atoms with van der Waals surface area (Å²) in [7, 11) is 0. The molecule has 118 valence electrons. The molecular weight excluding hydrogens is 361 g/mol. The van der Waals surface area contributed by atoms with Crippen LogP contribution in [0.15, 0.2) is 47.2 Å². The lowest BCUT2D eigenvalue weighted by Crippen LogP contribution is -2.12. The summed E-state index contributed by atoms with van der Waals surface area (Å²) < 4.78 is 6.57. The number of aromatic nitrogens is 2. The molecule has 0 bridgehead atoms. The smallest absolute Gasteiger partial charge is 0.292 e. The molecule has 0 aliphatic heterocycles. The first-order chi connectivity index (χ1) is 11.0. The van der Waals surface area contributed by atoms with Gasteiger partial charge < -0.3 is 9.73 Å². The van der Waals surface area contributed by atoms with E-state index in [4.69, 9.17) is 39.2 Å². The molecule has 1 aromatic carbocycles. The quantitative estimate of drug-likeness (QED) is 0.722. The molecule has 8 heteroatoms. The fraction of sp³-hybridized carbons (Fsp3) is 0.0667. The Kier molecular flexibility index (Phi) is 4.61. The number of amides is 1. The summed E-state index contributed by atoms with van der Waals surface area (Å²) in [6.07, 6.45) is 2.99. The highest BCUT2D eigenvalue weighted by molar-refractivity contribution is 6.36. The molecule has 1 N–H and O–H groups in total. The molecule has 5 nitrogen and oxygen atoms in total. The minimum absolute atomic E-state index is 0.171. The highest BCUT2D eigenvalue weighted by atomic mass is 35.5. The van der Waals surface area contributed by atoms with Gasteiger partial charge in [-0.25, -0.2) is 0 Å². The Morgan fingerprint density at radius 1 is 1.13 bits per heavy atom. The molecule has 0 fully saturated rings. The summed E-state index contributed by atoms with van der Waals surface area (Å²) in [5.74, 6) is -0.0288. The Labute approximate surface area is 146 Å². The maximum absolute atomic E-state index is 11.9. The predicted octanol–water partition coefficient (Wildman–Crippen LogP) is 4.74. The van der Waals surface area contributed by atoms with Gasteiger partial charge in [0.15, 0.2) is 11.6 Å². The second-order valence-corrected chi connectivity index (χ2v) is 5.88. The number of carbonyl (C=O) groups is 1. The van der Waals surface area contributed by atoms with Crippen molar-refractivity contribution in [3.8, 4) is 0 Å². The Morgan fingerprint density at radius 3 is 2.52 bits per heavy atom. The van der Waals surface area contributed by atoms with Crippen molar-refractivity contribution >= 4 is 46.5 Å². The van der Waals surface area contributed by atoms with Crippen LogP contribution in [-0.4, -0.2) is 15.7 Å². The number of furan rings is 1. The van der Waals surface area contributed by atoms with Gasteiger partial charge in [-0.3, -0.25) is 9.48 Å². The number of halogens is 3. The van der Waals surface area contributed by atoms with Crippen LogP contribution in [0.25, 0.3) is 0 Å². The first-order valence-corrected chi connectivity index (χ1v) is 7.68. The van der Waals surface area contributed by atoms with E-state index in [1.165, 1.54) is 6.26 Å². The Balaban J connectivity index is 1.80. The molecule has 0 aliphatic carbocycles. The molecule has 23 heavy (non-hydrogen) atoms. The van der Waals surface area contributed by atoms with Gasteiger partial charge in [0.25, 0.3) is 5.91 Å². The molecule has 0 radical (unpaired) electrons. The fourth-order valence-electron chi connectivity index (χ4n) is 1.99. The van der Waals surface area contributed by atoms with Crippen LogP contribution in [-0.2, 0) is 6.54 Å². The fourth-order valence-corrected chi connectivity index (χ4v) is 2.70. The van der Waals surface area contributed by atoms with Gasteiger partial charge in [0.1, 0.15) is 5.02 Å². The summed E-state index contributed by atoms with van der Waals surface area (Å²) in [6.45, 7) is 0.328. The molecule has 3 rings (SSSR count). The molecule has 2 aromatic heterocycles.